The van der Waals surface area contributed by atoms with Crippen molar-refractivity contribution in [1.29, 1.82) is 0 Å². The van der Waals surface area contributed by atoms with Gasteiger partial charge in [0.15, 0.2) is 5.16 Å². The van der Waals surface area contributed by atoms with Crippen LogP contribution in [0.5, 0.6) is 0 Å². The Hall–Kier alpha value is -0.950. The van der Waals surface area contributed by atoms with Crippen LogP contribution in [-0.2, 0) is 0 Å². The van der Waals surface area contributed by atoms with Crippen molar-refractivity contribution in [2.75, 3.05) is 0 Å². The summed E-state index contributed by atoms with van der Waals surface area (Å²) in [5.41, 5.74) is 0. The Morgan fingerprint density at radius 1 is 1.23 bits per heavy atom. The van der Waals surface area contributed by atoms with Crippen LogP contribution >= 0.6 is 27.7 Å². The topological polar surface area (TPSA) is 67.3 Å². The molecular weight excluding hydrogens is 254 g/mol. The van der Waals surface area contributed by atoms with E-state index >= 15 is 0 Å². The van der Waals surface area contributed by atoms with E-state index in [0.717, 1.165) is 9.50 Å². The second-order valence-electron chi connectivity index (χ2n) is 2.09. The summed E-state index contributed by atoms with van der Waals surface area (Å²) in [5.74, 6) is 0. The lowest BCUT2D eigenvalue weighted by molar-refractivity contribution is 0.904. The van der Waals surface area contributed by atoms with Crippen molar-refractivity contribution < 1.29 is 0 Å². The van der Waals surface area contributed by atoms with E-state index in [1.165, 1.54) is 11.8 Å². The van der Waals surface area contributed by atoms with Crippen molar-refractivity contribution in [2.45, 2.75) is 10.2 Å². The van der Waals surface area contributed by atoms with Crippen molar-refractivity contribution >= 4 is 27.7 Å². The zero-order chi connectivity index (χ0) is 9.10. The highest BCUT2D eigenvalue weighted by molar-refractivity contribution is 9.10. The fraction of sp³-hybridized carbons (Fsp3) is 0. The average Bonchev–Trinajstić information content (AvgIpc) is 2.62. The number of rotatable bonds is 2. The summed E-state index contributed by atoms with van der Waals surface area (Å²) in [6.45, 7) is 0. The minimum Gasteiger partial charge on any atom is -0.230 e. The molecule has 0 bridgehead atoms. The lowest BCUT2D eigenvalue weighted by Crippen LogP contribution is -1.84. The molecule has 2 aromatic heterocycles. The maximum atomic E-state index is 4.08. The van der Waals surface area contributed by atoms with Crippen molar-refractivity contribution in [1.82, 2.24) is 25.4 Å². The molecule has 0 saturated heterocycles. The SMILES string of the molecule is Brc1cnc(Sc2cn[nH]n2)nc1. The maximum absolute atomic E-state index is 4.08. The number of nitrogens with zero attached hydrogens (tertiary/aromatic N) is 4. The van der Waals surface area contributed by atoms with Crippen molar-refractivity contribution in [3.05, 3.63) is 23.1 Å². The molecule has 0 spiro atoms. The molecule has 2 heterocycles. The minimum atomic E-state index is 0.650. The van der Waals surface area contributed by atoms with E-state index in [1.54, 1.807) is 18.6 Å². The smallest absolute Gasteiger partial charge is 0.194 e. The van der Waals surface area contributed by atoms with Crippen LogP contribution in [0, 0.1) is 0 Å². The fourth-order valence-electron chi connectivity index (χ4n) is 0.687. The summed E-state index contributed by atoms with van der Waals surface area (Å²) in [5, 5.41) is 11.5. The van der Waals surface area contributed by atoms with Crippen LogP contribution in [0.3, 0.4) is 0 Å². The van der Waals surface area contributed by atoms with Gasteiger partial charge in [0.25, 0.3) is 0 Å². The van der Waals surface area contributed by atoms with Gasteiger partial charge in [-0.15, -0.1) is 5.10 Å². The zero-order valence-corrected chi connectivity index (χ0v) is 8.71. The first-order valence-electron chi connectivity index (χ1n) is 3.36. The molecule has 0 amide bonds. The summed E-state index contributed by atoms with van der Waals surface area (Å²) in [4.78, 5) is 8.15. The molecule has 2 rings (SSSR count). The Bertz CT molecular complexity index is 372. The predicted molar refractivity (Wildman–Crippen MR) is 50.2 cm³/mol. The molecule has 0 aromatic carbocycles. The summed E-state index contributed by atoms with van der Waals surface area (Å²) in [6.07, 6.45) is 5.00. The van der Waals surface area contributed by atoms with Gasteiger partial charge in [-0.25, -0.2) is 9.97 Å². The van der Waals surface area contributed by atoms with Gasteiger partial charge in [-0.05, 0) is 27.7 Å². The molecule has 0 fully saturated rings. The largest absolute Gasteiger partial charge is 0.230 e. The van der Waals surface area contributed by atoms with Crippen molar-refractivity contribution in [3.8, 4) is 0 Å². The fourth-order valence-corrected chi connectivity index (χ4v) is 1.48. The molecule has 13 heavy (non-hydrogen) atoms. The van der Waals surface area contributed by atoms with E-state index < -0.39 is 0 Å². The number of halogens is 1. The standard InChI is InChI=1S/C6H4BrN5S/c7-4-1-8-6(9-2-4)13-5-3-10-12-11-5/h1-3H,(H,10,11,12). The minimum absolute atomic E-state index is 0.650. The molecule has 1 N–H and O–H groups in total. The van der Waals surface area contributed by atoms with E-state index in [9.17, 15) is 0 Å². The zero-order valence-electron chi connectivity index (χ0n) is 6.31. The molecule has 0 saturated carbocycles. The number of H-pyrrole nitrogens is 1. The van der Waals surface area contributed by atoms with Crippen LogP contribution in [0.4, 0.5) is 0 Å². The Kier molecular flexibility index (Phi) is 2.55. The molecule has 7 heteroatoms. The number of nitrogens with one attached hydrogen (secondary N) is 1. The first kappa shape index (κ1) is 8.64. The summed E-state index contributed by atoms with van der Waals surface area (Å²) < 4.78 is 0.858. The molecule has 0 aliphatic heterocycles. The highest BCUT2D eigenvalue weighted by Gasteiger charge is 2.01. The second kappa shape index (κ2) is 3.84. The van der Waals surface area contributed by atoms with E-state index in [2.05, 4.69) is 41.3 Å². The van der Waals surface area contributed by atoms with E-state index in [4.69, 9.17) is 0 Å². The highest BCUT2D eigenvalue weighted by Crippen LogP contribution is 2.21. The van der Waals surface area contributed by atoms with Crippen LogP contribution < -0.4 is 0 Å². The van der Waals surface area contributed by atoms with E-state index in [-0.39, 0.29) is 0 Å². The van der Waals surface area contributed by atoms with Gasteiger partial charge in [-0.3, -0.25) is 0 Å². The number of aromatic amines is 1. The van der Waals surface area contributed by atoms with Gasteiger partial charge in [0.1, 0.15) is 5.03 Å². The quantitative estimate of drug-likeness (QED) is 0.827. The Morgan fingerprint density at radius 2 is 2.00 bits per heavy atom. The van der Waals surface area contributed by atoms with Gasteiger partial charge in [-0.2, -0.15) is 10.3 Å². The third-order valence-electron chi connectivity index (χ3n) is 1.19. The monoisotopic (exact) mass is 257 g/mol. The third kappa shape index (κ3) is 2.25. The lowest BCUT2D eigenvalue weighted by Gasteiger charge is -1.93. The Morgan fingerprint density at radius 3 is 2.62 bits per heavy atom. The van der Waals surface area contributed by atoms with Gasteiger partial charge in [0.05, 0.1) is 10.7 Å². The summed E-state index contributed by atoms with van der Waals surface area (Å²) >= 11 is 4.61. The maximum Gasteiger partial charge on any atom is 0.194 e. The molecule has 66 valence electrons. The number of hydrogen-bond donors (Lipinski definition) is 1. The predicted octanol–water partition coefficient (Wildman–Crippen LogP) is 1.51. The molecule has 5 nitrogen and oxygen atoms in total. The van der Waals surface area contributed by atoms with Gasteiger partial charge in [0.2, 0.25) is 0 Å². The van der Waals surface area contributed by atoms with Crippen LogP contribution in [-0.4, -0.2) is 25.4 Å². The molecule has 0 aliphatic carbocycles. The molecular formula is C6H4BrN5S. The first-order valence-corrected chi connectivity index (χ1v) is 4.97. The molecule has 2 aromatic rings. The number of aromatic nitrogens is 5. The Labute approximate surface area is 86.5 Å². The van der Waals surface area contributed by atoms with Crippen LogP contribution in [0.25, 0.3) is 0 Å². The van der Waals surface area contributed by atoms with Gasteiger partial charge in [-0.1, -0.05) is 0 Å². The second-order valence-corrected chi connectivity index (χ2v) is 4.00. The van der Waals surface area contributed by atoms with Gasteiger partial charge >= 0.3 is 0 Å². The highest BCUT2D eigenvalue weighted by atomic mass is 79.9. The van der Waals surface area contributed by atoms with Gasteiger partial charge < -0.3 is 0 Å². The lowest BCUT2D eigenvalue weighted by atomic mass is 10.7. The Balaban J connectivity index is 2.15. The van der Waals surface area contributed by atoms with Crippen molar-refractivity contribution in [3.63, 3.8) is 0 Å². The summed E-state index contributed by atoms with van der Waals surface area (Å²) in [7, 11) is 0. The third-order valence-corrected chi connectivity index (χ3v) is 2.39. The molecule has 0 aliphatic rings. The van der Waals surface area contributed by atoms with Crippen LogP contribution in [0.1, 0.15) is 0 Å². The first-order chi connectivity index (χ1) is 6.34. The normalized spacial score (nSPS) is 10.2. The molecule has 0 radical (unpaired) electrons. The van der Waals surface area contributed by atoms with Crippen LogP contribution in [0.15, 0.2) is 33.2 Å². The van der Waals surface area contributed by atoms with Crippen molar-refractivity contribution in [2.24, 2.45) is 0 Å². The van der Waals surface area contributed by atoms with Gasteiger partial charge in [0, 0.05) is 12.4 Å². The average molecular weight is 258 g/mol. The summed E-state index contributed by atoms with van der Waals surface area (Å²) in [6, 6.07) is 0. The molecule has 0 unspecified atom stereocenters. The van der Waals surface area contributed by atoms with E-state index in [1.807, 2.05) is 0 Å². The van der Waals surface area contributed by atoms with Crippen LogP contribution in [0.2, 0.25) is 0 Å². The van der Waals surface area contributed by atoms with E-state index in [0.29, 0.717) is 5.16 Å². The molecule has 0 atom stereocenters. The number of hydrogen-bond acceptors (Lipinski definition) is 5.